The molecule has 2 amide bonds. The van der Waals surface area contributed by atoms with E-state index in [2.05, 4.69) is 4.98 Å². The molecule has 1 aromatic heterocycles. The van der Waals surface area contributed by atoms with E-state index in [1.54, 1.807) is 0 Å². The van der Waals surface area contributed by atoms with Crippen molar-refractivity contribution >= 4 is 22.7 Å². The molecular weight excluding hydrogens is 394 g/mol. The Bertz CT molecular complexity index is 1150. The van der Waals surface area contributed by atoms with Crippen LogP contribution in [-0.4, -0.2) is 59.6 Å². The third-order valence-corrected chi connectivity index (χ3v) is 6.57. The van der Waals surface area contributed by atoms with Gasteiger partial charge in [-0.05, 0) is 42.2 Å². The number of amides is 2. The molecule has 1 saturated carbocycles. The molecule has 6 rings (SSSR count). The van der Waals surface area contributed by atoms with Gasteiger partial charge >= 0.3 is 0 Å². The van der Waals surface area contributed by atoms with Gasteiger partial charge in [0.1, 0.15) is 5.69 Å². The molecule has 7 heteroatoms. The van der Waals surface area contributed by atoms with Gasteiger partial charge in [0.15, 0.2) is 11.5 Å². The van der Waals surface area contributed by atoms with Gasteiger partial charge < -0.3 is 24.3 Å². The Morgan fingerprint density at radius 3 is 2.52 bits per heavy atom. The molecule has 2 fully saturated rings. The summed E-state index contributed by atoms with van der Waals surface area (Å²) in [4.78, 5) is 32.8. The Hall–Kier alpha value is -3.48. The molecule has 2 atom stereocenters. The van der Waals surface area contributed by atoms with E-state index in [4.69, 9.17) is 9.47 Å². The minimum absolute atomic E-state index is 0.00652. The lowest BCUT2D eigenvalue weighted by Crippen LogP contribution is -2.51. The van der Waals surface area contributed by atoms with Crippen molar-refractivity contribution in [1.29, 1.82) is 0 Å². The maximum absolute atomic E-state index is 13.0. The van der Waals surface area contributed by atoms with Gasteiger partial charge in [-0.15, -0.1) is 0 Å². The van der Waals surface area contributed by atoms with Crippen LogP contribution < -0.4 is 9.47 Å². The monoisotopic (exact) mass is 417 g/mol. The highest BCUT2D eigenvalue weighted by Gasteiger charge is 2.46. The van der Waals surface area contributed by atoms with Gasteiger partial charge in [0.05, 0.1) is 0 Å². The van der Waals surface area contributed by atoms with Crippen molar-refractivity contribution in [3.05, 3.63) is 59.8 Å². The molecule has 2 unspecified atom stereocenters. The van der Waals surface area contributed by atoms with Crippen LogP contribution in [0.1, 0.15) is 28.4 Å². The third-order valence-electron chi connectivity index (χ3n) is 6.57. The highest BCUT2D eigenvalue weighted by Crippen LogP contribution is 2.50. The van der Waals surface area contributed by atoms with Gasteiger partial charge in [0, 0.05) is 43.0 Å². The first-order chi connectivity index (χ1) is 15.2. The highest BCUT2D eigenvalue weighted by molar-refractivity contribution is 5.98. The van der Waals surface area contributed by atoms with Gasteiger partial charge in [-0.25, -0.2) is 0 Å². The fourth-order valence-electron chi connectivity index (χ4n) is 4.70. The smallest absolute Gasteiger partial charge is 0.270 e. The largest absolute Gasteiger partial charge is 0.454 e. The molecule has 7 nitrogen and oxygen atoms in total. The number of para-hydroxylation sites is 1. The average Bonchev–Trinajstić information content (AvgIpc) is 3.26. The van der Waals surface area contributed by atoms with Crippen LogP contribution in [0.2, 0.25) is 0 Å². The number of nitrogens with one attached hydrogen (secondary N) is 1. The predicted octanol–water partition coefficient (Wildman–Crippen LogP) is 2.98. The first-order valence-corrected chi connectivity index (χ1v) is 10.7. The molecular formula is C24H23N3O4. The van der Waals surface area contributed by atoms with E-state index in [1.807, 2.05) is 58.3 Å². The summed E-state index contributed by atoms with van der Waals surface area (Å²) in [6.45, 7) is 2.53. The van der Waals surface area contributed by atoms with E-state index in [1.165, 1.54) is 0 Å². The third kappa shape index (κ3) is 3.21. The van der Waals surface area contributed by atoms with E-state index >= 15 is 0 Å². The fraction of sp³-hybridized carbons (Fsp3) is 0.333. The predicted molar refractivity (Wildman–Crippen MR) is 114 cm³/mol. The number of H-pyrrole nitrogens is 1. The quantitative estimate of drug-likeness (QED) is 0.711. The van der Waals surface area contributed by atoms with Crippen LogP contribution in [0.25, 0.3) is 10.9 Å². The molecule has 0 bridgehead atoms. The number of benzene rings is 2. The van der Waals surface area contributed by atoms with Crippen molar-refractivity contribution in [3.8, 4) is 11.5 Å². The number of piperazine rings is 1. The summed E-state index contributed by atoms with van der Waals surface area (Å²) in [5, 5.41) is 1.03. The minimum Gasteiger partial charge on any atom is -0.454 e. The van der Waals surface area contributed by atoms with Crippen LogP contribution >= 0.6 is 0 Å². The number of aromatic amines is 1. The summed E-state index contributed by atoms with van der Waals surface area (Å²) in [7, 11) is 0. The van der Waals surface area contributed by atoms with E-state index in [9.17, 15) is 9.59 Å². The molecule has 3 aromatic rings. The Morgan fingerprint density at radius 1 is 0.903 bits per heavy atom. The second kappa shape index (κ2) is 7.04. The number of fused-ring (bicyclic) bond motifs is 2. The fourth-order valence-corrected chi connectivity index (χ4v) is 4.70. The van der Waals surface area contributed by atoms with Gasteiger partial charge in [0.2, 0.25) is 12.7 Å². The highest BCUT2D eigenvalue weighted by atomic mass is 16.7. The van der Waals surface area contributed by atoms with Crippen molar-refractivity contribution in [3.63, 3.8) is 0 Å². The van der Waals surface area contributed by atoms with Crippen LogP contribution in [0.15, 0.2) is 48.5 Å². The van der Waals surface area contributed by atoms with Crippen LogP contribution in [0.3, 0.4) is 0 Å². The lowest BCUT2D eigenvalue weighted by atomic mass is 10.1. The summed E-state index contributed by atoms with van der Waals surface area (Å²) in [6.07, 6.45) is 0.868. The van der Waals surface area contributed by atoms with Crippen LogP contribution in [-0.2, 0) is 4.79 Å². The summed E-state index contributed by atoms with van der Waals surface area (Å²) in [6, 6.07) is 15.7. The zero-order chi connectivity index (χ0) is 20.9. The van der Waals surface area contributed by atoms with E-state index in [0.717, 1.165) is 34.4 Å². The number of hydrogen-bond acceptors (Lipinski definition) is 4. The van der Waals surface area contributed by atoms with E-state index < -0.39 is 0 Å². The number of nitrogens with zero attached hydrogens (tertiary/aromatic N) is 2. The lowest BCUT2D eigenvalue weighted by molar-refractivity contribution is -0.134. The number of rotatable bonds is 3. The average molecular weight is 417 g/mol. The molecule has 2 aromatic carbocycles. The molecule has 3 heterocycles. The Morgan fingerprint density at radius 2 is 1.68 bits per heavy atom. The van der Waals surface area contributed by atoms with Crippen molar-refractivity contribution in [2.75, 3.05) is 33.0 Å². The molecule has 3 aliphatic rings. The summed E-state index contributed by atoms with van der Waals surface area (Å²) in [5.74, 6) is 1.99. The summed E-state index contributed by atoms with van der Waals surface area (Å²) in [5.41, 5.74) is 2.70. The lowest BCUT2D eigenvalue weighted by Gasteiger charge is -2.34. The molecule has 2 aliphatic heterocycles. The maximum Gasteiger partial charge on any atom is 0.270 e. The molecule has 31 heavy (non-hydrogen) atoms. The van der Waals surface area contributed by atoms with Crippen molar-refractivity contribution in [2.45, 2.75) is 12.3 Å². The normalized spacial score (nSPS) is 22.1. The topological polar surface area (TPSA) is 74.9 Å². The molecule has 0 radical (unpaired) electrons. The van der Waals surface area contributed by atoms with E-state index in [-0.39, 0.29) is 30.4 Å². The Kier molecular flexibility index (Phi) is 4.16. The molecule has 1 saturated heterocycles. The summed E-state index contributed by atoms with van der Waals surface area (Å²) < 4.78 is 10.8. The number of aromatic nitrogens is 1. The first-order valence-electron chi connectivity index (χ1n) is 10.7. The van der Waals surface area contributed by atoms with Crippen molar-refractivity contribution < 1.29 is 19.1 Å². The molecule has 0 spiro atoms. The maximum atomic E-state index is 13.0. The van der Waals surface area contributed by atoms with Gasteiger partial charge in [-0.1, -0.05) is 24.3 Å². The number of carbonyl (C=O) groups excluding carboxylic acids is 2. The zero-order valence-corrected chi connectivity index (χ0v) is 17.0. The zero-order valence-electron chi connectivity index (χ0n) is 17.0. The molecule has 1 aliphatic carbocycles. The number of ether oxygens (including phenoxy) is 2. The second-order valence-electron chi connectivity index (χ2n) is 8.45. The SMILES string of the molecule is O=C(c1cc2ccccc2[nH]1)N1CCN(C(=O)C2CC2c2ccc3c(c2)OCO3)CC1. The second-order valence-corrected chi connectivity index (χ2v) is 8.45. The number of carbonyl (C=O) groups is 2. The van der Waals surface area contributed by atoms with Crippen LogP contribution in [0.4, 0.5) is 0 Å². The van der Waals surface area contributed by atoms with Crippen LogP contribution in [0.5, 0.6) is 11.5 Å². The first kappa shape index (κ1) is 18.3. The molecule has 158 valence electrons. The van der Waals surface area contributed by atoms with Gasteiger partial charge in [-0.2, -0.15) is 0 Å². The standard InChI is InChI=1S/C24H23N3O4/c28-23(18-13-17(18)15-5-6-21-22(12-15)31-14-30-21)26-7-9-27(10-8-26)24(29)20-11-16-3-1-2-4-19(16)25-20/h1-6,11-12,17-18,25H,7-10,13-14H2. The minimum atomic E-state index is -0.00652. The number of hydrogen-bond donors (Lipinski definition) is 1. The molecule has 1 N–H and O–H groups in total. The van der Waals surface area contributed by atoms with E-state index in [0.29, 0.717) is 31.9 Å². The summed E-state index contributed by atoms with van der Waals surface area (Å²) >= 11 is 0. The van der Waals surface area contributed by atoms with Crippen molar-refractivity contribution in [1.82, 2.24) is 14.8 Å². The Balaban J connectivity index is 1.07. The van der Waals surface area contributed by atoms with Crippen molar-refractivity contribution in [2.24, 2.45) is 5.92 Å². The Labute approximate surface area is 179 Å². The van der Waals surface area contributed by atoms with Crippen LogP contribution in [0, 0.1) is 5.92 Å². The van der Waals surface area contributed by atoms with Gasteiger partial charge in [0.25, 0.3) is 5.91 Å². The van der Waals surface area contributed by atoms with Gasteiger partial charge in [-0.3, -0.25) is 9.59 Å².